The Morgan fingerprint density at radius 2 is 2.03 bits per heavy atom. The van der Waals surface area contributed by atoms with Gasteiger partial charge in [-0.15, -0.1) is 0 Å². The summed E-state index contributed by atoms with van der Waals surface area (Å²) in [6, 6.07) is 13.5. The molecule has 1 N–H and O–H groups in total. The molecule has 0 aliphatic carbocycles. The normalized spacial score (nSPS) is 10.8. The number of carbonyl (C=O) groups excluding carboxylic acids is 1. The van der Waals surface area contributed by atoms with E-state index in [1.165, 1.54) is 24.1 Å². The number of ether oxygens (including phenoxy) is 2. The third kappa shape index (κ3) is 5.24. The molecule has 0 saturated carbocycles. The molecule has 0 bridgehead atoms. The van der Waals surface area contributed by atoms with Gasteiger partial charge in [-0.25, -0.2) is 5.43 Å². The van der Waals surface area contributed by atoms with Gasteiger partial charge in [-0.05, 0) is 41.7 Å². The molecule has 0 spiro atoms. The Labute approximate surface area is 178 Å². The van der Waals surface area contributed by atoms with Gasteiger partial charge in [0.05, 0.1) is 43.8 Å². The summed E-state index contributed by atoms with van der Waals surface area (Å²) in [6.07, 6.45) is 1.48. The average molecular weight is 423 g/mol. The summed E-state index contributed by atoms with van der Waals surface area (Å²) >= 11 is 0. The van der Waals surface area contributed by atoms with Crippen molar-refractivity contribution in [2.45, 2.75) is 13.5 Å². The number of nitro groups is 1. The van der Waals surface area contributed by atoms with Crippen LogP contribution in [0.25, 0.3) is 0 Å². The molecule has 1 amide bonds. The van der Waals surface area contributed by atoms with Gasteiger partial charge in [-0.1, -0.05) is 12.1 Å². The Balaban J connectivity index is 1.69. The minimum absolute atomic E-state index is 0.213. The van der Waals surface area contributed by atoms with Crippen molar-refractivity contribution < 1.29 is 19.2 Å². The van der Waals surface area contributed by atoms with Gasteiger partial charge >= 0.3 is 5.82 Å². The molecular formula is C21H21N5O5. The molecule has 1 heterocycles. The van der Waals surface area contributed by atoms with Crippen LogP contribution in [0.4, 0.5) is 5.82 Å². The molecule has 31 heavy (non-hydrogen) atoms. The molecule has 10 heteroatoms. The molecule has 160 valence electrons. The number of amides is 1. The number of methoxy groups -OCH3 is 2. The van der Waals surface area contributed by atoms with E-state index in [1.807, 2.05) is 6.07 Å². The van der Waals surface area contributed by atoms with Gasteiger partial charge in [-0.3, -0.25) is 4.79 Å². The van der Waals surface area contributed by atoms with E-state index in [0.29, 0.717) is 34.9 Å². The molecule has 0 aliphatic rings. The highest BCUT2D eigenvalue weighted by molar-refractivity contribution is 5.95. The summed E-state index contributed by atoms with van der Waals surface area (Å²) in [7, 11) is 3.10. The SMILES string of the molecule is COc1ccc(/C=N\NC(=O)c2cccc(Cn3nc([N+](=O)[O-])cc3C)c2)c(OC)c1. The van der Waals surface area contributed by atoms with Crippen molar-refractivity contribution >= 4 is 17.9 Å². The van der Waals surface area contributed by atoms with Crippen molar-refractivity contribution in [2.24, 2.45) is 5.10 Å². The van der Waals surface area contributed by atoms with E-state index in [1.54, 1.807) is 50.4 Å². The molecule has 0 saturated heterocycles. The fourth-order valence-corrected chi connectivity index (χ4v) is 2.88. The van der Waals surface area contributed by atoms with Crippen molar-refractivity contribution in [2.75, 3.05) is 14.2 Å². The predicted molar refractivity (Wildman–Crippen MR) is 114 cm³/mol. The maximum atomic E-state index is 12.5. The first-order chi connectivity index (χ1) is 14.9. The second-order valence-corrected chi connectivity index (χ2v) is 6.57. The van der Waals surface area contributed by atoms with Crippen LogP contribution in [0.1, 0.15) is 27.2 Å². The highest BCUT2D eigenvalue weighted by Gasteiger charge is 2.16. The van der Waals surface area contributed by atoms with Gasteiger partial charge in [0.2, 0.25) is 0 Å². The number of nitrogens with one attached hydrogen (secondary N) is 1. The zero-order valence-corrected chi connectivity index (χ0v) is 17.2. The maximum absolute atomic E-state index is 12.5. The van der Waals surface area contributed by atoms with E-state index in [2.05, 4.69) is 15.6 Å². The fourth-order valence-electron chi connectivity index (χ4n) is 2.88. The van der Waals surface area contributed by atoms with E-state index < -0.39 is 10.8 Å². The molecule has 0 aliphatic heterocycles. The van der Waals surface area contributed by atoms with E-state index in [0.717, 1.165) is 5.56 Å². The fraction of sp³-hybridized carbons (Fsp3) is 0.190. The maximum Gasteiger partial charge on any atom is 0.390 e. The lowest BCUT2D eigenvalue weighted by atomic mass is 10.1. The zero-order chi connectivity index (χ0) is 22.4. The first kappa shape index (κ1) is 21.5. The summed E-state index contributed by atoms with van der Waals surface area (Å²) in [6.45, 7) is 2.03. The summed E-state index contributed by atoms with van der Waals surface area (Å²) in [5.74, 6) is 0.596. The molecule has 0 fully saturated rings. The second-order valence-electron chi connectivity index (χ2n) is 6.57. The first-order valence-electron chi connectivity index (χ1n) is 9.24. The van der Waals surface area contributed by atoms with Gasteiger partial charge in [0.1, 0.15) is 11.5 Å². The molecule has 3 aromatic rings. The van der Waals surface area contributed by atoms with Gasteiger partial charge in [0, 0.05) is 17.2 Å². The Kier molecular flexibility index (Phi) is 6.61. The number of hydrogen-bond acceptors (Lipinski definition) is 7. The van der Waals surface area contributed by atoms with Gasteiger partial charge in [0.15, 0.2) is 0 Å². The number of rotatable bonds is 8. The summed E-state index contributed by atoms with van der Waals surface area (Å²) in [5.41, 5.74) is 4.98. The van der Waals surface area contributed by atoms with Crippen LogP contribution in [-0.2, 0) is 6.54 Å². The number of carbonyl (C=O) groups is 1. The number of nitrogens with zero attached hydrogens (tertiary/aromatic N) is 4. The van der Waals surface area contributed by atoms with Crippen LogP contribution >= 0.6 is 0 Å². The second kappa shape index (κ2) is 9.53. The van der Waals surface area contributed by atoms with E-state index in [9.17, 15) is 14.9 Å². The largest absolute Gasteiger partial charge is 0.497 e. The minimum Gasteiger partial charge on any atom is -0.497 e. The van der Waals surface area contributed by atoms with Crippen LogP contribution in [0.3, 0.4) is 0 Å². The Morgan fingerprint density at radius 3 is 2.71 bits per heavy atom. The Hall–Kier alpha value is -4.21. The van der Waals surface area contributed by atoms with Gasteiger partial charge in [-0.2, -0.15) is 9.78 Å². The van der Waals surface area contributed by atoms with Crippen molar-refractivity contribution in [3.8, 4) is 11.5 Å². The first-order valence-corrected chi connectivity index (χ1v) is 9.24. The lowest BCUT2D eigenvalue weighted by molar-refractivity contribution is -0.389. The Morgan fingerprint density at radius 1 is 1.23 bits per heavy atom. The monoisotopic (exact) mass is 423 g/mol. The quantitative estimate of drug-likeness (QED) is 0.338. The smallest absolute Gasteiger partial charge is 0.390 e. The van der Waals surface area contributed by atoms with Crippen LogP contribution in [0.5, 0.6) is 11.5 Å². The number of benzene rings is 2. The van der Waals surface area contributed by atoms with Crippen molar-refractivity contribution in [1.82, 2.24) is 15.2 Å². The minimum atomic E-state index is -0.539. The molecule has 3 rings (SSSR count). The van der Waals surface area contributed by atoms with Crippen molar-refractivity contribution in [1.29, 1.82) is 0 Å². The van der Waals surface area contributed by atoms with Crippen LogP contribution in [0.2, 0.25) is 0 Å². The van der Waals surface area contributed by atoms with Crippen LogP contribution < -0.4 is 14.9 Å². The third-order valence-electron chi connectivity index (χ3n) is 4.49. The molecule has 1 aromatic heterocycles. The number of hydrazone groups is 1. The van der Waals surface area contributed by atoms with E-state index in [-0.39, 0.29) is 5.82 Å². The van der Waals surface area contributed by atoms with E-state index in [4.69, 9.17) is 9.47 Å². The van der Waals surface area contributed by atoms with Gasteiger partial charge in [0.25, 0.3) is 5.91 Å². The molecule has 10 nitrogen and oxygen atoms in total. The summed E-state index contributed by atoms with van der Waals surface area (Å²) < 4.78 is 12.0. The number of aromatic nitrogens is 2. The molecule has 0 unspecified atom stereocenters. The number of aryl methyl sites for hydroxylation is 1. The van der Waals surface area contributed by atoms with Crippen molar-refractivity contribution in [3.63, 3.8) is 0 Å². The van der Waals surface area contributed by atoms with Crippen LogP contribution in [-0.4, -0.2) is 41.0 Å². The topological polar surface area (TPSA) is 121 Å². The third-order valence-corrected chi connectivity index (χ3v) is 4.49. The zero-order valence-electron chi connectivity index (χ0n) is 17.2. The van der Waals surface area contributed by atoms with Crippen LogP contribution in [0.15, 0.2) is 53.6 Å². The summed E-state index contributed by atoms with van der Waals surface area (Å²) in [5, 5.41) is 18.8. The highest BCUT2D eigenvalue weighted by atomic mass is 16.6. The molecular weight excluding hydrogens is 402 g/mol. The Bertz CT molecular complexity index is 1140. The molecule has 2 aromatic carbocycles. The standard InChI is InChI=1S/C21H21N5O5/c1-14-9-20(26(28)29)24-25(14)13-15-5-4-6-16(10-15)21(27)23-22-12-17-7-8-18(30-2)11-19(17)31-3/h4-12H,13H2,1-3H3,(H,23,27)/b22-12-. The van der Waals surface area contributed by atoms with Crippen molar-refractivity contribution in [3.05, 3.63) is 81.0 Å². The molecule has 0 radical (unpaired) electrons. The highest BCUT2D eigenvalue weighted by Crippen LogP contribution is 2.23. The van der Waals surface area contributed by atoms with E-state index >= 15 is 0 Å². The predicted octanol–water partition coefficient (Wildman–Crippen LogP) is 2.93. The summed E-state index contributed by atoms with van der Waals surface area (Å²) in [4.78, 5) is 22.8. The lowest BCUT2D eigenvalue weighted by Crippen LogP contribution is -2.18. The number of hydrogen-bond donors (Lipinski definition) is 1. The average Bonchev–Trinajstić information content (AvgIpc) is 3.14. The van der Waals surface area contributed by atoms with Gasteiger partial charge < -0.3 is 19.6 Å². The molecule has 0 atom stereocenters. The van der Waals surface area contributed by atoms with Crippen LogP contribution in [0, 0.1) is 17.0 Å². The lowest BCUT2D eigenvalue weighted by Gasteiger charge is -2.07.